The summed E-state index contributed by atoms with van der Waals surface area (Å²) >= 11 is 0. The first kappa shape index (κ1) is 31.4. The number of carbonyl (C=O) groups excluding carboxylic acids is 3. The third-order valence-electron chi connectivity index (χ3n) is 6.67. The van der Waals surface area contributed by atoms with Gasteiger partial charge in [0.15, 0.2) is 11.5 Å². The Balaban J connectivity index is 1.64. The zero-order valence-electron chi connectivity index (χ0n) is 25.3. The van der Waals surface area contributed by atoms with Crippen molar-refractivity contribution in [2.24, 2.45) is 0 Å². The molecule has 0 saturated carbocycles. The Labute approximate surface area is 252 Å². The van der Waals surface area contributed by atoms with E-state index in [2.05, 4.69) is 5.32 Å². The maximum atomic E-state index is 13.9. The number of piperazine rings is 1. The van der Waals surface area contributed by atoms with Crippen molar-refractivity contribution in [3.63, 3.8) is 0 Å². The molecule has 1 unspecified atom stereocenters. The van der Waals surface area contributed by atoms with E-state index < -0.39 is 29.6 Å². The predicted molar refractivity (Wildman–Crippen MR) is 165 cm³/mol. The van der Waals surface area contributed by atoms with Crippen LogP contribution in [0.25, 0.3) is 11.1 Å². The molecule has 3 amide bonds. The fourth-order valence-corrected chi connectivity index (χ4v) is 4.70. The van der Waals surface area contributed by atoms with E-state index in [9.17, 15) is 14.4 Å². The molecular weight excluding hydrogens is 550 g/mol. The Kier molecular flexibility index (Phi) is 10.3. The average molecular weight is 590 g/mol. The van der Waals surface area contributed by atoms with Gasteiger partial charge in [-0.1, -0.05) is 42.5 Å². The van der Waals surface area contributed by atoms with Gasteiger partial charge in [0.25, 0.3) is 0 Å². The minimum Gasteiger partial charge on any atom is -0.493 e. The molecule has 1 aliphatic rings. The van der Waals surface area contributed by atoms with Crippen LogP contribution in [0.15, 0.2) is 72.8 Å². The van der Waals surface area contributed by atoms with Gasteiger partial charge in [0.2, 0.25) is 11.8 Å². The number of nitrogens with zero attached hydrogens (tertiary/aromatic N) is 2. The van der Waals surface area contributed by atoms with Crippen LogP contribution < -0.4 is 19.7 Å². The van der Waals surface area contributed by atoms with Crippen molar-refractivity contribution in [2.45, 2.75) is 38.8 Å². The van der Waals surface area contributed by atoms with Crippen LogP contribution in [0, 0.1) is 0 Å². The largest absolute Gasteiger partial charge is 0.493 e. The number of carbonyl (C=O) groups is 3. The van der Waals surface area contributed by atoms with E-state index >= 15 is 0 Å². The summed E-state index contributed by atoms with van der Waals surface area (Å²) in [5.41, 5.74) is 2.10. The lowest BCUT2D eigenvalue weighted by Gasteiger charge is -2.40. The van der Waals surface area contributed by atoms with E-state index in [1.54, 1.807) is 52.1 Å². The number of amides is 3. The number of anilines is 2. The SMILES string of the molecule is COCCCOc1cc(NC(=O)C2CN(C(=O)OC(C)(C)C)CC(=O)N2c2cccc(-c3ccccc3)c2)ccc1OC. The lowest BCUT2D eigenvalue weighted by atomic mass is 10.0. The van der Waals surface area contributed by atoms with Crippen molar-refractivity contribution in [1.82, 2.24) is 4.90 Å². The molecule has 0 radical (unpaired) electrons. The molecule has 1 aliphatic heterocycles. The van der Waals surface area contributed by atoms with Gasteiger partial charge >= 0.3 is 6.09 Å². The second-order valence-electron chi connectivity index (χ2n) is 11.1. The van der Waals surface area contributed by atoms with Gasteiger partial charge in [0, 0.05) is 37.6 Å². The van der Waals surface area contributed by atoms with Crippen molar-refractivity contribution in [3.8, 4) is 22.6 Å². The molecule has 228 valence electrons. The Bertz CT molecular complexity index is 1420. The standard InChI is InChI=1S/C33H39N3O7/c1-33(2,3)43-32(39)35-21-27(31(38)34-25-15-16-28(41-5)29(20-25)42-18-10-17-40-4)36(30(37)22-35)26-14-9-13-24(19-26)23-11-7-6-8-12-23/h6-9,11-16,19-20,27H,10,17-18,21-22H2,1-5H3,(H,34,38). The second-order valence-corrected chi connectivity index (χ2v) is 11.1. The van der Waals surface area contributed by atoms with E-state index in [0.29, 0.717) is 42.5 Å². The monoisotopic (exact) mass is 589 g/mol. The van der Waals surface area contributed by atoms with E-state index in [0.717, 1.165) is 11.1 Å². The first-order valence-corrected chi connectivity index (χ1v) is 14.2. The lowest BCUT2D eigenvalue weighted by molar-refractivity contribution is -0.127. The molecule has 0 bridgehead atoms. The van der Waals surface area contributed by atoms with Crippen LogP contribution in [0.5, 0.6) is 11.5 Å². The summed E-state index contributed by atoms with van der Waals surface area (Å²) in [4.78, 5) is 43.3. The molecule has 0 aromatic heterocycles. The van der Waals surface area contributed by atoms with Gasteiger partial charge < -0.3 is 24.3 Å². The molecular formula is C33H39N3O7. The number of hydrogen-bond donors (Lipinski definition) is 1. The minimum atomic E-state index is -1.03. The fourth-order valence-electron chi connectivity index (χ4n) is 4.70. The lowest BCUT2D eigenvalue weighted by Crippen LogP contribution is -2.62. The van der Waals surface area contributed by atoms with Gasteiger partial charge in [-0.25, -0.2) is 4.79 Å². The molecule has 0 aliphatic carbocycles. The molecule has 1 fully saturated rings. The van der Waals surface area contributed by atoms with Crippen LogP contribution in [0.4, 0.5) is 16.2 Å². The Morgan fingerprint density at radius 3 is 2.35 bits per heavy atom. The molecule has 10 heteroatoms. The average Bonchev–Trinajstić information content (AvgIpc) is 2.98. The van der Waals surface area contributed by atoms with E-state index in [-0.39, 0.29) is 13.1 Å². The second kappa shape index (κ2) is 14.1. The van der Waals surface area contributed by atoms with Crippen LogP contribution in [-0.2, 0) is 19.1 Å². The minimum absolute atomic E-state index is 0.0570. The van der Waals surface area contributed by atoms with Crippen LogP contribution in [-0.4, -0.2) is 75.0 Å². The van der Waals surface area contributed by atoms with Crippen molar-refractivity contribution >= 4 is 29.3 Å². The number of methoxy groups -OCH3 is 2. The van der Waals surface area contributed by atoms with Gasteiger partial charge in [0.1, 0.15) is 18.2 Å². The highest BCUT2D eigenvalue weighted by atomic mass is 16.6. The summed E-state index contributed by atoms with van der Waals surface area (Å²) in [6.07, 6.45) is 0.0188. The van der Waals surface area contributed by atoms with E-state index in [1.807, 2.05) is 48.5 Å². The van der Waals surface area contributed by atoms with Crippen molar-refractivity contribution < 1.29 is 33.3 Å². The summed E-state index contributed by atoms with van der Waals surface area (Å²) in [5.74, 6) is 0.0965. The topological polar surface area (TPSA) is 107 Å². The number of ether oxygens (including phenoxy) is 4. The van der Waals surface area contributed by atoms with Gasteiger partial charge in [-0.05, 0) is 56.2 Å². The number of benzene rings is 3. The maximum absolute atomic E-state index is 13.9. The maximum Gasteiger partial charge on any atom is 0.410 e. The van der Waals surface area contributed by atoms with Crippen molar-refractivity contribution in [1.29, 1.82) is 0 Å². The fraction of sp³-hybridized carbons (Fsp3) is 0.364. The summed E-state index contributed by atoms with van der Waals surface area (Å²) in [5, 5.41) is 2.91. The molecule has 10 nitrogen and oxygen atoms in total. The molecule has 1 atom stereocenters. The van der Waals surface area contributed by atoms with Gasteiger partial charge in [0.05, 0.1) is 20.3 Å². The molecule has 3 aromatic carbocycles. The number of hydrogen-bond acceptors (Lipinski definition) is 7. The van der Waals surface area contributed by atoms with Crippen LogP contribution in [0.1, 0.15) is 27.2 Å². The summed E-state index contributed by atoms with van der Waals surface area (Å²) in [7, 11) is 3.16. The van der Waals surface area contributed by atoms with Gasteiger partial charge in [-0.2, -0.15) is 0 Å². The smallest absolute Gasteiger partial charge is 0.410 e. The number of rotatable bonds is 10. The molecule has 1 heterocycles. The Hall–Kier alpha value is -4.57. The Morgan fingerprint density at radius 1 is 0.907 bits per heavy atom. The third kappa shape index (κ3) is 8.26. The highest BCUT2D eigenvalue weighted by Gasteiger charge is 2.41. The highest BCUT2D eigenvalue weighted by Crippen LogP contribution is 2.32. The molecule has 3 aromatic rings. The molecule has 1 N–H and O–H groups in total. The van der Waals surface area contributed by atoms with Crippen LogP contribution in [0.2, 0.25) is 0 Å². The quantitative estimate of drug-likeness (QED) is 0.317. The highest BCUT2D eigenvalue weighted by molar-refractivity contribution is 6.08. The first-order chi connectivity index (χ1) is 20.6. The third-order valence-corrected chi connectivity index (χ3v) is 6.67. The molecule has 43 heavy (non-hydrogen) atoms. The normalized spacial score (nSPS) is 15.2. The van der Waals surface area contributed by atoms with Gasteiger partial charge in [-0.15, -0.1) is 0 Å². The first-order valence-electron chi connectivity index (χ1n) is 14.2. The van der Waals surface area contributed by atoms with Gasteiger partial charge in [-0.3, -0.25) is 19.4 Å². The summed E-state index contributed by atoms with van der Waals surface area (Å²) < 4.78 is 21.9. The van der Waals surface area contributed by atoms with E-state index in [4.69, 9.17) is 18.9 Å². The van der Waals surface area contributed by atoms with Crippen molar-refractivity contribution in [2.75, 3.05) is 50.7 Å². The number of nitrogens with one attached hydrogen (secondary N) is 1. The zero-order valence-corrected chi connectivity index (χ0v) is 25.3. The van der Waals surface area contributed by atoms with Crippen molar-refractivity contribution in [3.05, 3.63) is 72.8 Å². The van der Waals surface area contributed by atoms with Crippen LogP contribution in [0.3, 0.4) is 0 Å². The molecule has 1 saturated heterocycles. The molecule has 4 rings (SSSR count). The zero-order chi connectivity index (χ0) is 31.0. The summed E-state index contributed by atoms with van der Waals surface area (Å²) in [6, 6.07) is 21.2. The van der Waals surface area contributed by atoms with E-state index in [1.165, 1.54) is 16.9 Å². The Morgan fingerprint density at radius 2 is 1.65 bits per heavy atom. The predicted octanol–water partition coefficient (Wildman–Crippen LogP) is 5.37. The summed E-state index contributed by atoms with van der Waals surface area (Å²) in [6.45, 7) is 5.91. The molecule has 0 spiro atoms. The van der Waals surface area contributed by atoms with Crippen LogP contribution >= 0.6 is 0 Å².